The molecule has 0 saturated heterocycles. The van der Waals surface area contributed by atoms with Gasteiger partial charge in [-0.05, 0) is 23.3 Å². The average molecular weight is 393 g/mol. The van der Waals surface area contributed by atoms with E-state index in [4.69, 9.17) is 23.2 Å². The Hall–Kier alpha value is -2.04. The van der Waals surface area contributed by atoms with Gasteiger partial charge in [0.2, 0.25) is 11.8 Å². The largest absolute Gasteiger partial charge is 0.357 e. The van der Waals surface area contributed by atoms with E-state index in [-0.39, 0.29) is 18.4 Å². The van der Waals surface area contributed by atoms with Crippen LogP contribution in [0.2, 0.25) is 10.0 Å². The summed E-state index contributed by atoms with van der Waals surface area (Å²) in [6.07, 6.45) is 0.747. The minimum absolute atomic E-state index is 0.0967. The normalized spacial score (nSPS) is 11.7. The standard InChI is InChI=1S/C20H22Cl2N2O2/c1-3-19(25)24(13-15-9-10-16(21)17(22)11-15)18(20(26)23-2)12-14-7-5-4-6-8-14/h4-11,18H,3,12-13H2,1-2H3,(H,23,26)/t18-/m0/s1. The molecule has 0 saturated carbocycles. The molecule has 1 N–H and O–H groups in total. The summed E-state index contributed by atoms with van der Waals surface area (Å²) in [5.74, 6) is -0.295. The van der Waals surface area contributed by atoms with Crippen LogP contribution in [0, 0.1) is 0 Å². The van der Waals surface area contributed by atoms with Gasteiger partial charge >= 0.3 is 0 Å². The Balaban J connectivity index is 2.34. The summed E-state index contributed by atoms with van der Waals surface area (Å²) in [4.78, 5) is 26.7. The van der Waals surface area contributed by atoms with Crippen molar-refractivity contribution >= 4 is 35.0 Å². The number of rotatable bonds is 7. The number of carbonyl (C=O) groups excluding carboxylic acids is 2. The van der Waals surface area contributed by atoms with Gasteiger partial charge in [-0.15, -0.1) is 0 Å². The third kappa shape index (κ3) is 5.23. The van der Waals surface area contributed by atoms with E-state index in [2.05, 4.69) is 5.32 Å². The van der Waals surface area contributed by atoms with Gasteiger partial charge in [-0.1, -0.05) is 66.5 Å². The maximum Gasteiger partial charge on any atom is 0.242 e. The van der Waals surface area contributed by atoms with Gasteiger partial charge in [0, 0.05) is 26.4 Å². The van der Waals surface area contributed by atoms with Crippen molar-refractivity contribution in [2.45, 2.75) is 32.4 Å². The average Bonchev–Trinajstić information content (AvgIpc) is 2.66. The number of nitrogens with zero attached hydrogens (tertiary/aromatic N) is 1. The van der Waals surface area contributed by atoms with Crippen LogP contribution in [0.4, 0.5) is 0 Å². The second-order valence-electron chi connectivity index (χ2n) is 5.94. The number of hydrogen-bond acceptors (Lipinski definition) is 2. The van der Waals surface area contributed by atoms with E-state index < -0.39 is 6.04 Å². The Labute approximate surface area is 164 Å². The molecule has 2 rings (SSSR count). The fourth-order valence-corrected chi connectivity index (χ4v) is 3.08. The lowest BCUT2D eigenvalue weighted by molar-refractivity contribution is -0.140. The first-order valence-corrected chi connectivity index (χ1v) is 9.20. The number of benzene rings is 2. The van der Waals surface area contributed by atoms with Gasteiger partial charge in [0.25, 0.3) is 0 Å². The fourth-order valence-electron chi connectivity index (χ4n) is 2.76. The quantitative estimate of drug-likeness (QED) is 0.771. The Bertz CT molecular complexity index is 766. The third-order valence-corrected chi connectivity index (χ3v) is 4.90. The van der Waals surface area contributed by atoms with Gasteiger partial charge < -0.3 is 10.2 Å². The van der Waals surface area contributed by atoms with Crippen LogP contribution in [0.5, 0.6) is 0 Å². The summed E-state index contributed by atoms with van der Waals surface area (Å²) in [7, 11) is 1.58. The van der Waals surface area contributed by atoms with E-state index in [1.807, 2.05) is 36.4 Å². The molecule has 2 amide bonds. The topological polar surface area (TPSA) is 49.4 Å². The first-order valence-electron chi connectivity index (χ1n) is 8.45. The second kappa shape index (κ2) is 9.60. The van der Waals surface area contributed by atoms with Crippen LogP contribution >= 0.6 is 23.2 Å². The summed E-state index contributed by atoms with van der Waals surface area (Å²) in [5, 5.41) is 3.55. The maximum absolute atomic E-state index is 12.6. The predicted molar refractivity (Wildman–Crippen MR) is 105 cm³/mol. The lowest BCUT2D eigenvalue weighted by atomic mass is 10.0. The molecule has 0 aromatic heterocycles. The lowest BCUT2D eigenvalue weighted by Gasteiger charge is -2.31. The van der Waals surface area contributed by atoms with Gasteiger partial charge in [0.05, 0.1) is 10.0 Å². The molecule has 0 spiro atoms. The van der Waals surface area contributed by atoms with Crippen molar-refractivity contribution in [3.63, 3.8) is 0 Å². The van der Waals surface area contributed by atoms with Crippen LogP contribution in [0.15, 0.2) is 48.5 Å². The molecule has 0 aliphatic heterocycles. The third-order valence-electron chi connectivity index (χ3n) is 4.16. The van der Waals surface area contributed by atoms with E-state index in [1.54, 1.807) is 31.0 Å². The molecule has 1 atom stereocenters. The van der Waals surface area contributed by atoms with Crippen molar-refractivity contribution in [3.05, 3.63) is 69.7 Å². The van der Waals surface area contributed by atoms with Crippen LogP contribution in [0.3, 0.4) is 0 Å². The SMILES string of the molecule is CCC(=O)N(Cc1ccc(Cl)c(Cl)c1)[C@@H](Cc1ccccc1)C(=O)NC. The molecule has 0 radical (unpaired) electrons. The van der Waals surface area contributed by atoms with E-state index in [1.165, 1.54) is 0 Å². The summed E-state index contributed by atoms with van der Waals surface area (Å²) in [5.41, 5.74) is 1.81. The molecular weight excluding hydrogens is 371 g/mol. The minimum Gasteiger partial charge on any atom is -0.357 e. The summed E-state index contributed by atoms with van der Waals surface area (Å²) in [6.45, 7) is 2.07. The Morgan fingerprint density at radius 3 is 2.31 bits per heavy atom. The van der Waals surface area contributed by atoms with Crippen LogP contribution in [-0.2, 0) is 22.6 Å². The molecule has 0 aliphatic rings. The number of likely N-dealkylation sites (N-methyl/N-ethyl adjacent to an activating group) is 1. The lowest BCUT2D eigenvalue weighted by Crippen LogP contribution is -2.49. The van der Waals surface area contributed by atoms with Crippen molar-refractivity contribution < 1.29 is 9.59 Å². The van der Waals surface area contributed by atoms with Crippen molar-refractivity contribution in [3.8, 4) is 0 Å². The van der Waals surface area contributed by atoms with Gasteiger partial charge in [0.1, 0.15) is 6.04 Å². The zero-order valence-electron chi connectivity index (χ0n) is 14.8. The molecule has 26 heavy (non-hydrogen) atoms. The number of amides is 2. The van der Waals surface area contributed by atoms with Crippen LogP contribution in [0.1, 0.15) is 24.5 Å². The Morgan fingerprint density at radius 1 is 1.04 bits per heavy atom. The van der Waals surface area contributed by atoms with Crippen LogP contribution < -0.4 is 5.32 Å². The number of nitrogens with one attached hydrogen (secondary N) is 1. The fraction of sp³-hybridized carbons (Fsp3) is 0.300. The zero-order chi connectivity index (χ0) is 19.1. The maximum atomic E-state index is 12.6. The van der Waals surface area contributed by atoms with E-state index in [9.17, 15) is 9.59 Å². The molecule has 0 fully saturated rings. The van der Waals surface area contributed by atoms with E-state index in [0.29, 0.717) is 22.9 Å². The summed E-state index contributed by atoms with van der Waals surface area (Å²) < 4.78 is 0. The highest BCUT2D eigenvalue weighted by Crippen LogP contribution is 2.24. The molecule has 0 heterocycles. The van der Waals surface area contributed by atoms with Gasteiger partial charge in [0.15, 0.2) is 0 Å². The highest BCUT2D eigenvalue weighted by molar-refractivity contribution is 6.42. The Kier molecular flexibility index (Phi) is 7.49. The molecule has 2 aromatic carbocycles. The molecule has 0 aliphatic carbocycles. The first-order chi connectivity index (χ1) is 12.5. The molecule has 138 valence electrons. The molecule has 0 bridgehead atoms. The minimum atomic E-state index is -0.607. The smallest absolute Gasteiger partial charge is 0.242 e. The second-order valence-corrected chi connectivity index (χ2v) is 6.76. The van der Waals surface area contributed by atoms with Crippen LogP contribution in [0.25, 0.3) is 0 Å². The highest BCUT2D eigenvalue weighted by Gasteiger charge is 2.28. The summed E-state index contributed by atoms with van der Waals surface area (Å²) in [6, 6.07) is 14.3. The van der Waals surface area contributed by atoms with Crippen molar-refractivity contribution in [2.24, 2.45) is 0 Å². The Morgan fingerprint density at radius 2 is 1.73 bits per heavy atom. The van der Waals surface area contributed by atoms with E-state index >= 15 is 0 Å². The van der Waals surface area contributed by atoms with Gasteiger partial charge in [-0.25, -0.2) is 0 Å². The number of carbonyl (C=O) groups is 2. The summed E-state index contributed by atoms with van der Waals surface area (Å²) >= 11 is 12.1. The van der Waals surface area contributed by atoms with Gasteiger partial charge in [-0.2, -0.15) is 0 Å². The zero-order valence-corrected chi connectivity index (χ0v) is 16.3. The van der Waals surface area contributed by atoms with Gasteiger partial charge in [-0.3, -0.25) is 9.59 Å². The predicted octanol–water partition coefficient (Wildman–Crippen LogP) is 4.09. The molecule has 4 nitrogen and oxygen atoms in total. The molecular formula is C20H22Cl2N2O2. The monoisotopic (exact) mass is 392 g/mol. The molecule has 2 aromatic rings. The van der Waals surface area contributed by atoms with Crippen molar-refractivity contribution in [1.29, 1.82) is 0 Å². The van der Waals surface area contributed by atoms with Crippen LogP contribution in [-0.4, -0.2) is 29.8 Å². The highest BCUT2D eigenvalue weighted by atomic mass is 35.5. The van der Waals surface area contributed by atoms with E-state index in [0.717, 1.165) is 11.1 Å². The molecule has 6 heteroatoms. The number of hydrogen-bond donors (Lipinski definition) is 1. The van der Waals surface area contributed by atoms with Crippen molar-refractivity contribution in [2.75, 3.05) is 7.05 Å². The molecule has 0 unspecified atom stereocenters. The first kappa shape index (κ1) is 20.3. The van der Waals surface area contributed by atoms with Crippen molar-refractivity contribution in [1.82, 2.24) is 10.2 Å². The number of halogens is 2.